The van der Waals surface area contributed by atoms with Crippen molar-refractivity contribution >= 4 is 11.9 Å². The van der Waals surface area contributed by atoms with Gasteiger partial charge in [0.15, 0.2) is 0 Å². The number of nitrogens with zero attached hydrogens (tertiary/aromatic N) is 1. The average Bonchev–Trinajstić information content (AvgIpc) is 2.38. The minimum Gasteiger partial charge on any atom is -0.508 e. The molecule has 1 aromatic carbocycles. The number of carboxylic acids is 1. The summed E-state index contributed by atoms with van der Waals surface area (Å²) in [6, 6.07) is 4.39. The first-order chi connectivity index (χ1) is 9.49. The van der Waals surface area contributed by atoms with Gasteiger partial charge in [-0.1, -0.05) is 0 Å². The molecule has 0 radical (unpaired) electrons. The zero-order valence-electron chi connectivity index (χ0n) is 11.5. The van der Waals surface area contributed by atoms with Crippen molar-refractivity contribution in [3.05, 3.63) is 29.3 Å². The SMILES string of the molecule is Cc1cc(O)ccc1C(=O)N1CCCCC1CC(=O)O. The van der Waals surface area contributed by atoms with E-state index in [9.17, 15) is 14.7 Å². The van der Waals surface area contributed by atoms with Gasteiger partial charge >= 0.3 is 5.97 Å². The molecule has 1 aliphatic heterocycles. The van der Waals surface area contributed by atoms with Gasteiger partial charge in [0.05, 0.1) is 6.42 Å². The minimum atomic E-state index is -0.878. The highest BCUT2D eigenvalue weighted by Gasteiger charge is 2.29. The lowest BCUT2D eigenvalue weighted by molar-refractivity contribution is -0.138. The van der Waals surface area contributed by atoms with E-state index in [0.717, 1.165) is 19.3 Å². The molecule has 2 N–H and O–H groups in total. The molecule has 0 aliphatic carbocycles. The molecule has 20 heavy (non-hydrogen) atoms. The maximum Gasteiger partial charge on any atom is 0.305 e. The number of aliphatic carboxylic acids is 1. The average molecular weight is 277 g/mol. The molecule has 1 fully saturated rings. The van der Waals surface area contributed by atoms with Crippen molar-refractivity contribution in [1.29, 1.82) is 0 Å². The van der Waals surface area contributed by atoms with E-state index >= 15 is 0 Å². The van der Waals surface area contributed by atoms with Crippen LogP contribution in [0.3, 0.4) is 0 Å². The predicted octanol–water partition coefficient (Wildman–Crippen LogP) is 2.17. The van der Waals surface area contributed by atoms with Gasteiger partial charge in [-0.2, -0.15) is 0 Å². The fourth-order valence-electron chi connectivity index (χ4n) is 2.72. The number of hydrogen-bond donors (Lipinski definition) is 2. The number of carbonyl (C=O) groups excluding carboxylic acids is 1. The van der Waals surface area contributed by atoms with Gasteiger partial charge in [0, 0.05) is 18.2 Å². The molecule has 1 unspecified atom stereocenters. The summed E-state index contributed by atoms with van der Waals surface area (Å²) in [6.07, 6.45) is 2.58. The quantitative estimate of drug-likeness (QED) is 0.887. The number of benzene rings is 1. The number of phenolic OH excluding ortho intramolecular Hbond substituents is 1. The molecule has 1 aromatic rings. The first-order valence-electron chi connectivity index (χ1n) is 6.81. The van der Waals surface area contributed by atoms with Crippen LogP contribution in [0.25, 0.3) is 0 Å². The van der Waals surface area contributed by atoms with Crippen LogP contribution in [0.15, 0.2) is 18.2 Å². The molecule has 1 atom stereocenters. The van der Waals surface area contributed by atoms with Gasteiger partial charge in [-0.25, -0.2) is 0 Å². The van der Waals surface area contributed by atoms with Crippen molar-refractivity contribution in [3.8, 4) is 5.75 Å². The predicted molar refractivity (Wildman–Crippen MR) is 73.8 cm³/mol. The summed E-state index contributed by atoms with van der Waals surface area (Å²) in [4.78, 5) is 25.2. The molecule has 1 amide bonds. The van der Waals surface area contributed by atoms with Crippen LogP contribution < -0.4 is 0 Å². The standard InChI is InChI=1S/C15H19NO4/c1-10-8-12(17)5-6-13(10)15(20)16-7-3-2-4-11(16)9-14(18)19/h5-6,8,11,17H,2-4,7,9H2,1H3,(H,18,19). The fourth-order valence-corrected chi connectivity index (χ4v) is 2.72. The van der Waals surface area contributed by atoms with Crippen molar-refractivity contribution < 1.29 is 19.8 Å². The summed E-state index contributed by atoms with van der Waals surface area (Å²) in [6.45, 7) is 2.36. The molecular formula is C15H19NO4. The molecule has 108 valence electrons. The number of piperidine rings is 1. The number of hydrogen-bond acceptors (Lipinski definition) is 3. The maximum atomic E-state index is 12.6. The van der Waals surface area contributed by atoms with Crippen molar-refractivity contribution in [1.82, 2.24) is 4.90 Å². The van der Waals surface area contributed by atoms with Crippen LogP contribution in [0.2, 0.25) is 0 Å². The normalized spacial score (nSPS) is 18.9. The van der Waals surface area contributed by atoms with Crippen molar-refractivity contribution in [2.45, 2.75) is 38.6 Å². The number of amides is 1. The zero-order chi connectivity index (χ0) is 14.7. The van der Waals surface area contributed by atoms with Gasteiger partial charge < -0.3 is 15.1 Å². The van der Waals surface area contributed by atoms with E-state index < -0.39 is 5.97 Å². The first kappa shape index (κ1) is 14.4. The second kappa shape index (κ2) is 5.94. The maximum absolute atomic E-state index is 12.6. The Labute approximate surface area is 117 Å². The Bertz CT molecular complexity index is 527. The van der Waals surface area contributed by atoms with Gasteiger partial charge in [-0.15, -0.1) is 0 Å². The van der Waals surface area contributed by atoms with Crippen LogP contribution in [0.1, 0.15) is 41.6 Å². The van der Waals surface area contributed by atoms with Crippen LogP contribution >= 0.6 is 0 Å². The van der Waals surface area contributed by atoms with Crippen LogP contribution in [0.5, 0.6) is 5.75 Å². The Morgan fingerprint density at radius 1 is 1.35 bits per heavy atom. The lowest BCUT2D eigenvalue weighted by Gasteiger charge is -2.35. The van der Waals surface area contributed by atoms with Gasteiger partial charge in [-0.3, -0.25) is 9.59 Å². The van der Waals surface area contributed by atoms with Crippen molar-refractivity contribution in [2.75, 3.05) is 6.54 Å². The number of likely N-dealkylation sites (tertiary alicyclic amines) is 1. The third kappa shape index (κ3) is 3.10. The summed E-state index contributed by atoms with van der Waals surface area (Å²) in [7, 11) is 0. The number of phenols is 1. The second-order valence-corrected chi connectivity index (χ2v) is 5.25. The number of aryl methyl sites for hydroxylation is 1. The Morgan fingerprint density at radius 2 is 2.10 bits per heavy atom. The molecular weight excluding hydrogens is 258 g/mol. The van der Waals surface area contributed by atoms with E-state index in [1.54, 1.807) is 24.0 Å². The van der Waals surface area contributed by atoms with Gasteiger partial charge in [0.1, 0.15) is 5.75 Å². The third-order valence-electron chi connectivity index (χ3n) is 3.74. The molecule has 5 heteroatoms. The van der Waals surface area contributed by atoms with Crippen LogP contribution in [0, 0.1) is 6.92 Å². The number of rotatable bonds is 3. The van der Waals surface area contributed by atoms with Crippen molar-refractivity contribution in [3.63, 3.8) is 0 Å². The molecule has 1 aliphatic rings. The Kier molecular flexibility index (Phi) is 4.27. The highest BCUT2D eigenvalue weighted by Crippen LogP contribution is 2.24. The number of carboxylic acid groups (broad SMARTS) is 1. The van der Waals surface area contributed by atoms with Gasteiger partial charge in [0.2, 0.25) is 0 Å². The number of carbonyl (C=O) groups is 2. The van der Waals surface area contributed by atoms with Gasteiger partial charge in [-0.05, 0) is 49.9 Å². The second-order valence-electron chi connectivity index (χ2n) is 5.25. The largest absolute Gasteiger partial charge is 0.508 e. The van der Waals surface area contributed by atoms with Crippen LogP contribution in [-0.2, 0) is 4.79 Å². The highest BCUT2D eigenvalue weighted by atomic mass is 16.4. The monoisotopic (exact) mass is 277 g/mol. The smallest absolute Gasteiger partial charge is 0.305 e. The highest BCUT2D eigenvalue weighted by molar-refractivity contribution is 5.96. The van der Waals surface area contributed by atoms with E-state index in [-0.39, 0.29) is 24.1 Å². The van der Waals surface area contributed by atoms with E-state index in [1.807, 2.05) is 0 Å². The summed E-state index contributed by atoms with van der Waals surface area (Å²) >= 11 is 0. The molecule has 2 rings (SSSR count). The van der Waals surface area contributed by atoms with E-state index in [1.165, 1.54) is 6.07 Å². The summed E-state index contributed by atoms with van der Waals surface area (Å²) in [5.41, 5.74) is 1.23. The van der Waals surface area contributed by atoms with Crippen LogP contribution in [-0.4, -0.2) is 39.6 Å². The van der Waals surface area contributed by atoms with E-state index in [4.69, 9.17) is 5.11 Å². The van der Waals surface area contributed by atoms with Crippen LogP contribution in [0.4, 0.5) is 0 Å². The van der Waals surface area contributed by atoms with E-state index in [0.29, 0.717) is 17.7 Å². The Hall–Kier alpha value is -2.04. The molecule has 0 spiro atoms. The Morgan fingerprint density at radius 3 is 2.75 bits per heavy atom. The summed E-state index contributed by atoms with van der Waals surface area (Å²) in [5, 5.41) is 18.4. The minimum absolute atomic E-state index is 0.0110. The third-order valence-corrected chi connectivity index (χ3v) is 3.74. The lowest BCUT2D eigenvalue weighted by atomic mass is 9.97. The molecule has 0 bridgehead atoms. The summed E-state index contributed by atoms with van der Waals surface area (Å²) < 4.78 is 0. The van der Waals surface area contributed by atoms with E-state index in [2.05, 4.69) is 0 Å². The fraction of sp³-hybridized carbons (Fsp3) is 0.467. The molecule has 0 saturated carbocycles. The first-order valence-corrected chi connectivity index (χ1v) is 6.81. The molecule has 5 nitrogen and oxygen atoms in total. The van der Waals surface area contributed by atoms with Crippen molar-refractivity contribution in [2.24, 2.45) is 0 Å². The number of aromatic hydroxyl groups is 1. The molecule has 0 aromatic heterocycles. The summed E-state index contributed by atoms with van der Waals surface area (Å²) in [5.74, 6) is -0.898. The zero-order valence-corrected chi connectivity index (χ0v) is 11.5. The molecule has 1 saturated heterocycles. The Balaban J connectivity index is 2.22. The lowest BCUT2D eigenvalue weighted by Crippen LogP contribution is -2.44. The van der Waals surface area contributed by atoms with Gasteiger partial charge in [0.25, 0.3) is 5.91 Å². The topological polar surface area (TPSA) is 77.8 Å². The molecule has 1 heterocycles.